The van der Waals surface area contributed by atoms with Crippen LogP contribution >= 0.6 is 22.9 Å². The number of anilines is 1. The monoisotopic (exact) mass is 368 g/mol. The fourth-order valence-corrected chi connectivity index (χ4v) is 3.40. The first kappa shape index (κ1) is 17.4. The minimum atomic E-state index is -0.221. The number of aryl methyl sites for hydroxylation is 2. The van der Waals surface area contributed by atoms with Gasteiger partial charge in [-0.15, -0.1) is 11.3 Å². The molecule has 0 bridgehead atoms. The second-order valence-electron chi connectivity index (χ2n) is 5.73. The molecule has 0 unspecified atom stereocenters. The Kier molecular flexibility index (Phi) is 5.31. The highest BCUT2D eigenvalue weighted by atomic mass is 35.5. The van der Waals surface area contributed by atoms with Gasteiger partial charge in [0, 0.05) is 22.0 Å². The number of benzene rings is 2. The lowest BCUT2D eigenvalue weighted by Crippen LogP contribution is -2.07. The molecule has 0 atom stereocenters. The number of carbonyl (C=O) groups excluding carboxylic acids is 1. The Bertz CT molecular complexity index is 946. The normalized spacial score (nSPS) is 11.0. The summed E-state index contributed by atoms with van der Waals surface area (Å²) in [6.45, 7) is 4.13. The fourth-order valence-electron chi connectivity index (χ4n) is 2.49. The van der Waals surface area contributed by atoms with Gasteiger partial charge in [-0.05, 0) is 43.2 Å². The zero-order valence-corrected chi connectivity index (χ0v) is 15.5. The van der Waals surface area contributed by atoms with Gasteiger partial charge in [0.2, 0.25) is 5.91 Å². The Balaban J connectivity index is 1.69. The predicted octanol–water partition coefficient (Wildman–Crippen LogP) is 5.73. The fraction of sp³-hybridized carbons (Fsp3) is 0.100. The molecule has 126 valence electrons. The molecule has 2 aromatic carbocycles. The molecule has 1 N–H and O–H groups in total. The Hall–Kier alpha value is -2.43. The van der Waals surface area contributed by atoms with Crippen LogP contribution in [-0.2, 0) is 4.79 Å². The molecular formula is C20H17ClN2OS. The van der Waals surface area contributed by atoms with Gasteiger partial charge >= 0.3 is 0 Å². The van der Waals surface area contributed by atoms with Crippen molar-refractivity contribution >= 4 is 40.1 Å². The molecule has 5 heteroatoms. The number of hydrogen-bond donors (Lipinski definition) is 1. The summed E-state index contributed by atoms with van der Waals surface area (Å²) in [4.78, 5) is 16.6. The van der Waals surface area contributed by atoms with E-state index in [0.29, 0.717) is 10.2 Å². The van der Waals surface area contributed by atoms with Gasteiger partial charge in [0.05, 0.1) is 5.69 Å². The number of carbonyl (C=O) groups is 1. The first-order valence-corrected chi connectivity index (χ1v) is 9.05. The maximum atomic E-state index is 12.1. The molecule has 3 rings (SSSR count). The van der Waals surface area contributed by atoms with Crippen molar-refractivity contribution in [3.63, 3.8) is 0 Å². The van der Waals surface area contributed by atoms with Crippen molar-refractivity contribution < 1.29 is 4.79 Å². The van der Waals surface area contributed by atoms with E-state index < -0.39 is 0 Å². The molecule has 25 heavy (non-hydrogen) atoms. The summed E-state index contributed by atoms with van der Waals surface area (Å²) in [5.74, 6) is -0.221. The van der Waals surface area contributed by atoms with Crippen LogP contribution in [0, 0.1) is 13.8 Å². The summed E-state index contributed by atoms with van der Waals surface area (Å²) in [7, 11) is 0. The molecule has 1 heterocycles. The number of amides is 1. The highest BCUT2D eigenvalue weighted by Crippen LogP contribution is 2.28. The van der Waals surface area contributed by atoms with Gasteiger partial charge in [-0.3, -0.25) is 10.1 Å². The Labute approximate surface area is 156 Å². The maximum absolute atomic E-state index is 12.1. The van der Waals surface area contributed by atoms with Gasteiger partial charge in [0.15, 0.2) is 5.13 Å². The summed E-state index contributed by atoms with van der Waals surface area (Å²) in [5, 5.41) is 5.97. The van der Waals surface area contributed by atoms with Crippen LogP contribution in [-0.4, -0.2) is 10.9 Å². The standard InChI is InChI=1S/C20H17ClN2OS/c1-13-6-8-17(14(2)10-13)18-12-25-20(22-18)23-19(24)9-7-15-4-3-5-16(21)11-15/h3-12H,1-2H3,(H,22,23,24)/b9-7+. The maximum Gasteiger partial charge on any atom is 0.250 e. The summed E-state index contributed by atoms with van der Waals surface area (Å²) in [5.41, 5.74) is 5.21. The first-order valence-electron chi connectivity index (χ1n) is 7.79. The lowest BCUT2D eigenvalue weighted by atomic mass is 10.0. The van der Waals surface area contributed by atoms with Crippen LogP contribution in [0.15, 0.2) is 53.9 Å². The van der Waals surface area contributed by atoms with Crippen molar-refractivity contribution in [2.24, 2.45) is 0 Å². The topological polar surface area (TPSA) is 42.0 Å². The van der Waals surface area contributed by atoms with E-state index in [2.05, 4.69) is 42.3 Å². The van der Waals surface area contributed by atoms with Crippen LogP contribution in [0.3, 0.4) is 0 Å². The molecule has 0 saturated carbocycles. The molecule has 0 aliphatic heterocycles. The van der Waals surface area contributed by atoms with Crippen LogP contribution in [0.2, 0.25) is 5.02 Å². The van der Waals surface area contributed by atoms with E-state index in [1.807, 2.05) is 17.5 Å². The zero-order chi connectivity index (χ0) is 17.8. The number of hydrogen-bond acceptors (Lipinski definition) is 3. The van der Waals surface area contributed by atoms with Crippen molar-refractivity contribution in [3.8, 4) is 11.3 Å². The summed E-state index contributed by atoms with van der Waals surface area (Å²) >= 11 is 7.34. The quantitative estimate of drug-likeness (QED) is 0.597. The summed E-state index contributed by atoms with van der Waals surface area (Å²) < 4.78 is 0. The van der Waals surface area contributed by atoms with Crippen molar-refractivity contribution in [2.45, 2.75) is 13.8 Å². The SMILES string of the molecule is Cc1ccc(-c2csc(NC(=O)/C=C/c3cccc(Cl)c3)n2)c(C)c1. The van der Waals surface area contributed by atoms with Crippen LogP contribution in [0.4, 0.5) is 5.13 Å². The van der Waals surface area contributed by atoms with Crippen LogP contribution in [0.25, 0.3) is 17.3 Å². The van der Waals surface area contributed by atoms with Crippen LogP contribution < -0.4 is 5.32 Å². The average molecular weight is 369 g/mol. The second-order valence-corrected chi connectivity index (χ2v) is 7.03. The third-order valence-electron chi connectivity index (χ3n) is 3.67. The highest BCUT2D eigenvalue weighted by Gasteiger charge is 2.08. The Morgan fingerprint density at radius 2 is 2.04 bits per heavy atom. The minimum absolute atomic E-state index is 0.221. The van der Waals surface area contributed by atoms with Gasteiger partial charge in [0.1, 0.15) is 0 Å². The van der Waals surface area contributed by atoms with E-state index >= 15 is 0 Å². The lowest BCUT2D eigenvalue weighted by Gasteiger charge is -2.03. The molecule has 1 amide bonds. The van der Waals surface area contributed by atoms with Crippen LogP contribution in [0.5, 0.6) is 0 Å². The largest absolute Gasteiger partial charge is 0.298 e. The third-order valence-corrected chi connectivity index (χ3v) is 4.66. The van der Waals surface area contributed by atoms with Crippen molar-refractivity contribution in [1.82, 2.24) is 4.98 Å². The molecule has 0 saturated heterocycles. The summed E-state index contributed by atoms with van der Waals surface area (Å²) in [6.07, 6.45) is 3.20. The zero-order valence-electron chi connectivity index (χ0n) is 13.9. The van der Waals surface area contributed by atoms with E-state index in [0.717, 1.165) is 16.8 Å². The van der Waals surface area contributed by atoms with E-state index in [1.165, 1.54) is 28.5 Å². The number of nitrogens with zero attached hydrogens (tertiary/aromatic N) is 1. The smallest absolute Gasteiger partial charge is 0.250 e. The third kappa shape index (κ3) is 4.56. The van der Waals surface area contributed by atoms with E-state index in [-0.39, 0.29) is 5.91 Å². The molecule has 1 aromatic heterocycles. The van der Waals surface area contributed by atoms with Gasteiger partial charge in [-0.1, -0.05) is 47.5 Å². The van der Waals surface area contributed by atoms with Crippen molar-refractivity contribution in [2.75, 3.05) is 5.32 Å². The molecule has 0 aliphatic rings. The number of aromatic nitrogens is 1. The number of nitrogens with one attached hydrogen (secondary N) is 1. The molecular weight excluding hydrogens is 352 g/mol. The van der Waals surface area contributed by atoms with Gasteiger partial charge in [0.25, 0.3) is 0 Å². The predicted molar refractivity (Wildman–Crippen MR) is 106 cm³/mol. The second kappa shape index (κ2) is 7.64. The van der Waals surface area contributed by atoms with Gasteiger partial charge < -0.3 is 0 Å². The van der Waals surface area contributed by atoms with Crippen molar-refractivity contribution in [1.29, 1.82) is 0 Å². The van der Waals surface area contributed by atoms with Gasteiger partial charge in [-0.25, -0.2) is 4.98 Å². The number of thiazole rings is 1. The Morgan fingerprint density at radius 3 is 2.80 bits per heavy atom. The molecule has 0 radical (unpaired) electrons. The first-order chi connectivity index (χ1) is 12.0. The average Bonchev–Trinajstić information content (AvgIpc) is 3.01. The van der Waals surface area contributed by atoms with Gasteiger partial charge in [-0.2, -0.15) is 0 Å². The Morgan fingerprint density at radius 1 is 1.20 bits per heavy atom. The molecule has 0 aliphatic carbocycles. The van der Waals surface area contributed by atoms with E-state index in [4.69, 9.17) is 11.6 Å². The number of halogens is 1. The lowest BCUT2D eigenvalue weighted by molar-refractivity contribution is -0.111. The molecule has 0 spiro atoms. The van der Waals surface area contributed by atoms with E-state index in [9.17, 15) is 4.79 Å². The van der Waals surface area contributed by atoms with E-state index in [1.54, 1.807) is 18.2 Å². The molecule has 3 aromatic rings. The van der Waals surface area contributed by atoms with Crippen molar-refractivity contribution in [3.05, 3.63) is 75.6 Å². The number of rotatable bonds is 4. The highest BCUT2D eigenvalue weighted by molar-refractivity contribution is 7.14. The molecule has 3 nitrogen and oxygen atoms in total. The molecule has 0 fully saturated rings. The van der Waals surface area contributed by atoms with Crippen LogP contribution in [0.1, 0.15) is 16.7 Å². The minimum Gasteiger partial charge on any atom is -0.298 e. The summed E-state index contributed by atoms with van der Waals surface area (Å²) in [6, 6.07) is 13.6.